The zero-order valence-electron chi connectivity index (χ0n) is 12.6. The van der Waals surface area contributed by atoms with Gasteiger partial charge in [0.05, 0.1) is 5.57 Å². The van der Waals surface area contributed by atoms with E-state index in [1.165, 1.54) is 5.56 Å². The second-order valence-electron chi connectivity index (χ2n) is 5.56. The SMILES string of the molecule is CC(C)c1ccc(/C=C2\C(=O)ON=C2c2ccccc2)cc1. The predicted molar refractivity (Wildman–Crippen MR) is 87.6 cm³/mol. The van der Waals surface area contributed by atoms with E-state index in [1.54, 1.807) is 0 Å². The first-order chi connectivity index (χ1) is 10.6. The highest BCUT2D eigenvalue weighted by atomic mass is 16.7. The molecule has 0 unspecified atom stereocenters. The lowest BCUT2D eigenvalue weighted by molar-refractivity contribution is -0.136. The molecule has 3 heteroatoms. The van der Waals surface area contributed by atoms with Crippen LogP contribution in [0.1, 0.15) is 36.5 Å². The Bertz CT molecular complexity index is 741. The van der Waals surface area contributed by atoms with Gasteiger partial charge in [-0.1, -0.05) is 73.6 Å². The summed E-state index contributed by atoms with van der Waals surface area (Å²) in [5, 5.41) is 3.91. The van der Waals surface area contributed by atoms with Gasteiger partial charge in [-0.15, -0.1) is 0 Å². The molecule has 1 aliphatic heterocycles. The van der Waals surface area contributed by atoms with Gasteiger partial charge in [-0.3, -0.25) is 0 Å². The molecule has 0 radical (unpaired) electrons. The molecule has 0 aromatic heterocycles. The van der Waals surface area contributed by atoms with Gasteiger partial charge < -0.3 is 4.84 Å². The minimum Gasteiger partial charge on any atom is -0.312 e. The van der Waals surface area contributed by atoms with Crippen LogP contribution in [-0.2, 0) is 9.63 Å². The lowest BCUT2D eigenvalue weighted by Crippen LogP contribution is -2.06. The standard InChI is InChI=1S/C19H17NO2/c1-13(2)15-10-8-14(9-11-15)12-17-18(20-22-19(17)21)16-6-4-3-5-7-16/h3-13H,1-2H3/b17-12-. The molecule has 0 amide bonds. The minimum absolute atomic E-state index is 0.410. The van der Waals surface area contributed by atoms with E-state index in [4.69, 9.17) is 4.84 Å². The average molecular weight is 291 g/mol. The van der Waals surface area contributed by atoms with Crippen molar-refractivity contribution in [1.29, 1.82) is 0 Å². The molecule has 0 bridgehead atoms. The van der Waals surface area contributed by atoms with Gasteiger partial charge in [-0.2, -0.15) is 0 Å². The van der Waals surface area contributed by atoms with E-state index in [9.17, 15) is 4.79 Å². The Morgan fingerprint density at radius 1 is 1.00 bits per heavy atom. The van der Waals surface area contributed by atoms with Crippen LogP contribution in [0.15, 0.2) is 65.3 Å². The summed E-state index contributed by atoms with van der Waals surface area (Å²) in [5.41, 5.74) is 4.18. The highest BCUT2D eigenvalue weighted by molar-refractivity contribution is 6.31. The smallest absolute Gasteiger partial charge is 0.312 e. The van der Waals surface area contributed by atoms with Crippen LogP contribution in [-0.4, -0.2) is 11.7 Å². The Morgan fingerprint density at radius 2 is 1.68 bits per heavy atom. The summed E-state index contributed by atoms with van der Waals surface area (Å²) in [5.74, 6) is 0.0754. The van der Waals surface area contributed by atoms with Crippen molar-refractivity contribution in [2.24, 2.45) is 5.16 Å². The number of rotatable bonds is 3. The van der Waals surface area contributed by atoms with Gasteiger partial charge in [0.25, 0.3) is 0 Å². The molecule has 0 atom stereocenters. The second-order valence-corrected chi connectivity index (χ2v) is 5.56. The lowest BCUT2D eigenvalue weighted by Gasteiger charge is -2.05. The van der Waals surface area contributed by atoms with E-state index in [1.807, 2.05) is 48.5 Å². The fraction of sp³-hybridized carbons (Fsp3) is 0.158. The van der Waals surface area contributed by atoms with Gasteiger partial charge in [0.1, 0.15) is 5.71 Å². The predicted octanol–water partition coefficient (Wildman–Crippen LogP) is 4.15. The van der Waals surface area contributed by atoms with Crippen LogP contribution in [0.4, 0.5) is 0 Å². The van der Waals surface area contributed by atoms with Crippen molar-refractivity contribution in [1.82, 2.24) is 0 Å². The Labute approximate surface area is 129 Å². The van der Waals surface area contributed by atoms with Crippen LogP contribution < -0.4 is 0 Å². The molecule has 0 aliphatic carbocycles. The molecule has 0 spiro atoms. The molecule has 0 saturated heterocycles. The third-order valence-electron chi connectivity index (χ3n) is 3.66. The van der Waals surface area contributed by atoms with Crippen LogP contribution in [0.5, 0.6) is 0 Å². The van der Waals surface area contributed by atoms with Crippen molar-refractivity contribution in [2.75, 3.05) is 0 Å². The Balaban J connectivity index is 1.94. The zero-order valence-corrected chi connectivity index (χ0v) is 12.6. The zero-order chi connectivity index (χ0) is 15.5. The summed E-state index contributed by atoms with van der Waals surface area (Å²) in [7, 11) is 0. The molecule has 1 heterocycles. The summed E-state index contributed by atoms with van der Waals surface area (Å²) in [6.45, 7) is 4.31. The molecule has 3 nitrogen and oxygen atoms in total. The third kappa shape index (κ3) is 2.84. The van der Waals surface area contributed by atoms with E-state index in [0.29, 0.717) is 17.2 Å². The van der Waals surface area contributed by atoms with Crippen molar-refractivity contribution in [3.05, 3.63) is 76.9 Å². The van der Waals surface area contributed by atoms with Gasteiger partial charge in [0.15, 0.2) is 0 Å². The van der Waals surface area contributed by atoms with Crippen molar-refractivity contribution < 1.29 is 9.63 Å². The molecule has 0 N–H and O–H groups in total. The number of carbonyl (C=O) groups excluding carboxylic acids is 1. The van der Waals surface area contributed by atoms with E-state index < -0.39 is 5.97 Å². The molecular formula is C19H17NO2. The van der Waals surface area contributed by atoms with Crippen molar-refractivity contribution in [3.8, 4) is 0 Å². The number of oxime groups is 1. The quantitative estimate of drug-likeness (QED) is 0.629. The molecule has 2 aromatic rings. The van der Waals surface area contributed by atoms with Gasteiger partial charge >= 0.3 is 5.97 Å². The Morgan fingerprint density at radius 3 is 2.32 bits per heavy atom. The molecule has 1 aliphatic rings. The number of hydrogen-bond donors (Lipinski definition) is 0. The number of nitrogens with zero attached hydrogens (tertiary/aromatic N) is 1. The van der Waals surface area contributed by atoms with E-state index in [2.05, 4.69) is 31.1 Å². The molecule has 3 rings (SSSR count). The highest BCUT2D eigenvalue weighted by Gasteiger charge is 2.26. The van der Waals surface area contributed by atoms with Crippen LogP contribution in [0.3, 0.4) is 0 Å². The van der Waals surface area contributed by atoms with Gasteiger partial charge in [-0.05, 0) is 23.1 Å². The number of carbonyl (C=O) groups is 1. The minimum atomic E-state index is -0.410. The first kappa shape index (κ1) is 14.3. The van der Waals surface area contributed by atoms with Crippen LogP contribution in [0.25, 0.3) is 6.08 Å². The van der Waals surface area contributed by atoms with Crippen molar-refractivity contribution in [3.63, 3.8) is 0 Å². The maximum Gasteiger partial charge on any atom is 0.368 e. The fourth-order valence-corrected chi connectivity index (χ4v) is 2.36. The summed E-state index contributed by atoms with van der Waals surface area (Å²) in [6, 6.07) is 17.8. The molecule has 22 heavy (non-hydrogen) atoms. The van der Waals surface area contributed by atoms with Crippen molar-refractivity contribution in [2.45, 2.75) is 19.8 Å². The molecular weight excluding hydrogens is 274 g/mol. The molecule has 0 saturated carbocycles. The number of hydrogen-bond acceptors (Lipinski definition) is 3. The first-order valence-corrected chi connectivity index (χ1v) is 7.32. The maximum absolute atomic E-state index is 11.9. The largest absolute Gasteiger partial charge is 0.368 e. The number of benzene rings is 2. The lowest BCUT2D eigenvalue weighted by atomic mass is 9.98. The van der Waals surface area contributed by atoms with E-state index in [-0.39, 0.29) is 0 Å². The van der Waals surface area contributed by atoms with Gasteiger partial charge in [0.2, 0.25) is 0 Å². The topological polar surface area (TPSA) is 38.7 Å². The molecule has 2 aromatic carbocycles. The summed E-state index contributed by atoms with van der Waals surface area (Å²) >= 11 is 0. The van der Waals surface area contributed by atoms with Crippen LogP contribution in [0, 0.1) is 0 Å². The van der Waals surface area contributed by atoms with Crippen molar-refractivity contribution >= 4 is 17.8 Å². The molecule has 0 fully saturated rings. The fourth-order valence-electron chi connectivity index (χ4n) is 2.36. The average Bonchev–Trinajstić information content (AvgIpc) is 2.90. The second kappa shape index (κ2) is 5.98. The van der Waals surface area contributed by atoms with E-state index in [0.717, 1.165) is 11.1 Å². The Kier molecular flexibility index (Phi) is 3.88. The third-order valence-corrected chi connectivity index (χ3v) is 3.66. The van der Waals surface area contributed by atoms with Gasteiger partial charge in [0, 0.05) is 5.56 Å². The highest BCUT2D eigenvalue weighted by Crippen LogP contribution is 2.22. The Hall–Kier alpha value is -2.68. The summed E-state index contributed by atoms with van der Waals surface area (Å²) in [6.07, 6.45) is 1.82. The van der Waals surface area contributed by atoms with E-state index >= 15 is 0 Å². The van der Waals surface area contributed by atoms with Crippen LogP contribution >= 0.6 is 0 Å². The summed E-state index contributed by atoms with van der Waals surface area (Å²) in [4.78, 5) is 16.8. The molecule has 110 valence electrons. The monoisotopic (exact) mass is 291 g/mol. The van der Waals surface area contributed by atoms with Gasteiger partial charge in [-0.25, -0.2) is 4.79 Å². The normalized spacial score (nSPS) is 16.0. The summed E-state index contributed by atoms with van der Waals surface area (Å²) < 4.78 is 0. The maximum atomic E-state index is 11.9. The first-order valence-electron chi connectivity index (χ1n) is 7.32. The van der Waals surface area contributed by atoms with Crippen LogP contribution in [0.2, 0.25) is 0 Å².